The second-order valence-electron chi connectivity index (χ2n) is 5.86. The largest absolute Gasteiger partial charge is 0.398 e. The van der Waals surface area contributed by atoms with Gasteiger partial charge in [0.2, 0.25) is 10.0 Å². The highest BCUT2D eigenvalue weighted by molar-refractivity contribution is 7.99. The second kappa shape index (κ2) is 9.33. The van der Waals surface area contributed by atoms with E-state index in [0.29, 0.717) is 18.2 Å². The number of para-hydroxylation sites is 1. The summed E-state index contributed by atoms with van der Waals surface area (Å²) in [6, 6.07) is 12.1. The monoisotopic (exact) mass is 432 g/mol. The molecule has 0 unspecified atom stereocenters. The maximum absolute atomic E-state index is 12.5. The van der Waals surface area contributed by atoms with Gasteiger partial charge in [-0.15, -0.1) is 11.8 Å². The summed E-state index contributed by atoms with van der Waals surface area (Å²) in [4.78, 5) is 12.8. The van der Waals surface area contributed by atoms with Crippen LogP contribution in [0.4, 0.5) is 24.5 Å². The number of carbonyl (C=O) groups excluding carboxylic acids is 1. The van der Waals surface area contributed by atoms with Gasteiger partial charge in [-0.2, -0.15) is 13.2 Å². The number of hydrogen-bond acceptors (Lipinski definition) is 4. The van der Waals surface area contributed by atoms with Crippen molar-refractivity contribution in [2.45, 2.75) is 24.4 Å². The quantitative estimate of drug-likeness (QED) is 0.591. The van der Waals surface area contributed by atoms with Gasteiger partial charge in [0.1, 0.15) is 0 Å². The minimum absolute atomic E-state index is 0.0484. The van der Waals surface area contributed by atoms with Crippen molar-refractivity contribution >= 4 is 39.1 Å². The molecule has 0 aliphatic heterocycles. The van der Waals surface area contributed by atoms with Gasteiger partial charge < -0.3 is 5.32 Å². The van der Waals surface area contributed by atoms with Crippen molar-refractivity contribution in [3.8, 4) is 0 Å². The normalized spacial score (nSPS) is 11.9. The van der Waals surface area contributed by atoms with E-state index in [2.05, 4.69) is 10.0 Å². The van der Waals surface area contributed by atoms with Crippen LogP contribution in [-0.2, 0) is 10.0 Å². The molecule has 28 heavy (non-hydrogen) atoms. The lowest BCUT2D eigenvalue weighted by atomic mass is 10.2. The van der Waals surface area contributed by atoms with Crippen LogP contribution in [0.1, 0.15) is 23.7 Å². The van der Waals surface area contributed by atoms with Crippen LogP contribution in [0.3, 0.4) is 0 Å². The van der Waals surface area contributed by atoms with Gasteiger partial charge in [-0.05, 0) is 36.8 Å². The first kappa shape index (κ1) is 22.1. The van der Waals surface area contributed by atoms with E-state index in [1.807, 2.05) is 0 Å². The predicted octanol–water partition coefficient (Wildman–Crippen LogP) is 4.75. The molecule has 0 heterocycles. The molecule has 2 rings (SSSR count). The van der Waals surface area contributed by atoms with E-state index < -0.39 is 27.9 Å². The van der Waals surface area contributed by atoms with E-state index in [9.17, 15) is 26.4 Å². The second-order valence-corrected chi connectivity index (χ2v) is 8.71. The molecule has 0 aliphatic carbocycles. The summed E-state index contributed by atoms with van der Waals surface area (Å²) in [5.41, 5.74) is 0.659. The molecule has 0 aromatic heterocycles. The van der Waals surface area contributed by atoms with Crippen molar-refractivity contribution in [1.82, 2.24) is 0 Å². The minimum Gasteiger partial charge on any atom is -0.321 e. The molecule has 5 nitrogen and oxygen atoms in total. The van der Waals surface area contributed by atoms with Gasteiger partial charge >= 0.3 is 6.18 Å². The number of hydrogen-bond donors (Lipinski definition) is 2. The van der Waals surface area contributed by atoms with Gasteiger partial charge in [0, 0.05) is 16.1 Å². The minimum atomic E-state index is -4.33. The number of amides is 1. The standard InChI is InChI=1S/C18H19F3N2O3S2/c1-2-10-28(25,26)23-14-7-5-6-13(11-14)17(24)22-15-8-3-4-9-16(15)27-12-18(19,20)21/h3-9,11,23H,2,10,12H2,1H3,(H,22,24). The Morgan fingerprint density at radius 1 is 1.11 bits per heavy atom. The van der Waals surface area contributed by atoms with Crippen molar-refractivity contribution in [1.29, 1.82) is 0 Å². The molecule has 1 amide bonds. The Morgan fingerprint density at radius 3 is 2.50 bits per heavy atom. The molecular weight excluding hydrogens is 413 g/mol. The Morgan fingerprint density at radius 2 is 1.82 bits per heavy atom. The van der Waals surface area contributed by atoms with Crippen LogP contribution < -0.4 is 10.0 Å². The third kappa shape index (κ3) is 7.08. The molecule has 2 aromatic carbocycles. The lowest BCUT2D eigenvalue weighted by Crippen LogP contribution is -2.17. The number of nitrogens with one attached hydrogen (secondary N) is 2. The van der Waals surface area contributed by atoms with Crippen molar-refractivity contribution in [3.63, 3.8) is 0 Å². The van der Waals surface area contributed by atoms with Crippen LogP contribution >= 0.6 is 11.8 Å². The van der Waals surface area contributed by atoms with Crippen LogP contribution in [0, 0.1) is 0 Å². The topological polar surface area (TPSA) is 75.3 Å². The Bertz CT molecular complexity index is 932. The number of anilines is 2. The van der Waals surface area contributed by atoms with Gasteiger partial charge in [-0.3, -0.25) is 9.52 Å². The molecule has 2 aromatic rings. The molecule has 0 fully saturated rings. The highest BCUT2D eigenvalue weighted by atomic mass is 32.2. The molecular formula is C18H19F3N2O3S2. The Labute approximate surface area is 165 Å². The highest BCUT2D eigenvalue weighted by Gasteiger charge is 2.27. The average Bonchev–Trinajstić information content (AvgIpc) is 2.60. The van der Waals surface area contributed by atoms with E-state index in [1.54, 1.807) is 19.1 Å². The van der Waals surface area contributed by atoms with Crippen molar-refractivity contribution in [3.05, 3.63) is 54.1 Å². The number of carbonyl (C=O) groups is 1. The summed E-state index contributed by atoms with van der Waals surface area (Å²) in [6.07, 6.45) is -3.88. The summed E-state index contributed by atoms with van der Waals surface area (Å²) in [5, 5.41) is 2.57. The third-order valence-electron chi connectivity index (χ3n) is 3.40. The SMILES string of the molecule is CCCS(=O)(=O)Nc1cccc(C(=O)Nc2ccccc2SCC(F)(F)F)c1. The Kier molecular flexibility index (Phi) is 7.36. The van der Waals surface area contributed by atoms with E-state index in [0.717, 1.165) is 0 Å². The number of rotatable bonds is 8. The smallest absolute Gasteiger partial charge is 0.321 e. The van der Waals surface area contributed by atoms with Crippen LogP contribution in [0.25, 0.3) is 0 Å². The zero-order valence-electron chi connectivity index (χ0n) is 14.9. The molecule has 0 saturated carbocycles. The molecule has 152 valence electrons. The summed E-state index contributed by atoms with van der Waals surface area (Å²) in [6.45, 7) is 1.73. The molecule has 0 saturated heterocycles. The predicted molar refractivity (Wildman–Crippen MR) is 105 cm³/mol. The lowest BCUT2D eigenvalue weighted by Gasteiger charge is -2.13. The van der Waals surface area contributed by atoms with Crippen molar-refractivity contribution < 1.29 is 26.4 Å². The first-order valence-corrected chi connectivity index (χ1v) is 10.9. The fourth-order valence-corrected chi connectivity index (χ4v) is 4.17. The Balaban J connectivity index is 2.15. The number of sulfonamides is 1. The maximum Gasteiger partial charge on any atom is 0.398 e. The molecule has 0 radical (unpaired) electrons. The lowest BCUT2D eigenvalue weighted by molar-refractivity contribution is -0.105. The van der Waals surface area contributed by atoms with Crippen LogP contribution in [0.5, 0.6) is 0 Å². The van der Waals surface area contributed by atoms with E-state index >= 15 is 0 Å². The third-order valence-corrected chi connectivity index (χ3v) is 6.03. The van der Waals surface area contributed by atoms with Crippen LogP contribution in [0.15, 0.2) is 53.4 Å². The molecule has 10 heteroatoms. The maximum atomic E-state index is 12.5. The fourth-order valence-electron chi connectivity index (χ4n) is 2.27. The Hall–Kier alpha value is -2.20. The summed E-state index contributed by atoms with van der Waals surface area (Å²) in [5.74, 6) is -1.68. The average molecular weight is 432 g/mol. The number of halogens is 3. The van der Waals surface area contributed by atoms with Gasteiger partial charge in [0.15, 0.2) is 0 Å². The van der Waals surface area contributed by atoms with E-state index in [4.69, 9.17) is 0 Å². The van der Waals surface area contributed by atoms with Gasteiger partial charge in [-0.1, -0.05) is 25.1 Å². The van der Waals surface area contributed by atoms with Gasteiger partial charge in [0.05, 0.1) is 17.2 Å². The van der Waals surface area contributed by atoms with Crippen LogP contribution in [-0.4, -0.2) is 32.0 Å². The molecule has 0 bridgehead atoms. The summed E-state index contributed by atoms with van der Waals surface area (Å²) in [7, 11) is -3.51. The van der Waals surface area contributed by atoms with Crippen molar-refractivity contribution in [2.75, 3.05) is 21.5 Å². The van der Waals surface area contributed by atoms with E-state index in [-0.39, 0.29) is 27.6 Å². The zero-order chi connectivity index (χ0) is 20.8. The number of thioether (sulfide) groups is 1. The molecule has 0 aliphatic rings. The highest BCUT2D eigenvalue weighted by Crippen LogP contribution is 2.32. The molecule has 0 atom stereocenters. The summed E-state index contributed by atoms with van der Waals surface area (Å²) >= 11 is 0.576. The number of alkyl halides is 3. The van der Waals surface area contributed by atoms with Crippen molar-refractivity contribution in [2.24, 2.45) is 0 Å². The fraction of sp³-hybridized carbons (Fsp3) is 0.278. The zero-order valence-corrected chi connectivity index (χ0v) is 16.5. The van der Waals surface area contributed by atoms with Gasteiger partial charge in [0.25, 0.3) is 5.91 Å². The van der Waals surface area contributed by atoms with Crippen LogP contribution in [0.2, 0.25) is 0 Å². The molecule has 0 spiro atoms. The number of benzene rings is 2. The first-order chi connectivity index (χ1) is 13.1. The summed E-state index contributed by atoms with van der Waals surface area (Å²) < 4.78 is 63.5. The van der Waals surface area contributed by atoms with E-state index in [1.165, 1.54) is 36.4 Å². The van der Waals surface area contributed by atoms with Gasteiger partial charge in [-0.25, -0.2) is 8.42 Å². The molecule has 2 N–H and O–H groups in total. The first-order valence-electron chi connectivity index (χ1n) is 8.30.